The van der Waals surface area contributed by atoms with Gasteiger partial charge in [0.25, 0.3) is 5.95 Å². The summed E-state index contributed by atoms with van der Waals surface area (Å²) < 4.78 is 39.3. The Morgan fingerprint density at radius 3 is 2.45 bits per heavy atom. The van der Waals surface area contributed by atoms with E-state index in [0.29, 0.717) is 21.7 Å². The van der Waals surface area contributed by atoms with Gasteiger partial charge < -0.3 is 5.32 Å². The molecule has 0 saturated heterocycles. The molecule has 7 heteroatoms. The van der Waals surface area contributed by atoms with Crippen LogP contribution >= 0.6 is 23.2 Å². The van der Waals surface area contributed by atoms with Crippen LogP contribution in [0.2, 0.25) is 10.0 Å². The third kappa shape index (κ3) is 3.16. The summed E-state index contributed by atoms with van der Waals surface area (Å²) in [6.45, 7) is 1.68. The standard InChI is InChI=1S/C13H9Cl2F3N2/c1-6(8-3-2-7(14)4-9(8)15)19-13-11(17)5-10(16)12(18)20-13/h2-6H,1H3,(H,19,20). The lowest BCUT2D eigenvalue weighted by atomic mass is 10.1. The van der Waals surface area contributed by atoms with Crippen molar-refractivity contribution in [3.63, 3.8) is 0 Å². The van der Waals surface area contributed by atoms with Gasteiger partial charge in [-0.1, -0.05) is 29.3 Å². The molecule has 1 atom stereocenters. The molecule has 20 heavy (non-hydrogen) atoms. The lowest BCUT2D eigenvalue weighted by Gasteiger charge is -2.17. The normalized spacial score (nSPS) is 12.3. The van der Waals surface area contributed by atoms with Gasteiger partial charge in [-0.05, 0) is 24.6 Å². The molecule has 1 unspecified atom stereocenters. The Hall–Kier alpha value is -1.46. The summed E-state index contributed by atoms with van der Waals surface area (Å²) in [5.74, 6) is -4.09. The van der Waals surface area contributed by atoms with Crippen molar-refractivity contribution in [2.45, 2.75) is 13.0 Å². The van der Waals surface area contributed by atoms with Gasteiger partial charge in [0.15, 0.2) is 17.5 Å². The highest BCUT2D eigenvalue weighted by Gasteiger charge is 2.16. The molecule has 0 bridgehead atoms. The molecule has 0 aliphatic rings. The number of nitrogens with one attached hydrogen (secondary N) is 1. The first kappa shape index (κ1) is 14.9. The Morgan fingerprint density at radius 2 is 1.80 bits per heavy atom. The highest BCUT2D eigenvalue weighted by Crippen LogP contribution is 2.28. The van der Waals surface area contributed by atoms with Crippen molar-refractivity contribution in [1.82, 2.24) is 4.98 Å². The summed E-state index contributed by atoms with van der Waals surface area (Å²) in [5, 5.41) is 3.47. The second-order valence-electron chi connectivity index (χ2n) is 4.12. The molecule has 0 aliphatic carbocycles. The molecule has 1 N–H and O–H groups in total. The highest BCUT2D eigenvalue weighted by molar-refractivity contribution is 6.35. The quantitative estimate of drug-likeness (QED) is 0.807. The van der Waals surface area contributed by atoms with Gasteiger partial charge in [-0.15, -0.1) is 0 Å². The summed E-state index contributed by atoms with van der Waals surface area (Å²) in [6, 6.07) is 4.77. The third-order valence-electron chi connectivity index (χ3n) is 2.67. The molecule has 1 heterocycles. The van der Waals surface area contributed by atoms with Crippen LogP contribution in [0.1, 0.15) is 18.5 Å². The van der Waals surface area contributed by atoms with Crippen LogP contribution in [0.4, 0.5) is 19.0 Å². The topological polar surface area (TPSA) is 24.9 Å². The summed E-state index contributed by atoms with van der Waals surface area (Å²) >= 11 is 11.8. The first-order valence-corrected chi connectivity index (χ1v) is 6.37. The average Bonchev–Trinajstić information content (AvgIpc) is 2.35. The summed E-state index contributed by atoms with van der Waals surface area (Å²) in [7, 11) is 0. The Morgan fingerprint density at radius 1 is 1.10 bits per heavy atom. The van der Waals surface area contributed by atoms with E-state index in [1.54, 1.807) is 19.1 Å². The molecule has 0 fully saturated rings. The van der Waals surface area contributed by atoms with Crippen LogP contribution in [0.5, 0.6) is 0 Å². The number of halogens is 5. The van der Waals surface area contributed by atoms with Crippen LogP contribution in [-0.4, -0.2) is 4.98 Å². The molecule has 0 saturated carbocycles. The van der Waals surface area contributed by atoms with E-state index >= 15 is 0 Å². The van der Waals surface area contributed by atoms with Crippen LogP contribution in [0.15, 0.2) is 24.3 Å². The van der Waals surface area contributed by atoms with Gasteiger partial charge in [-0.25, -0.2) is 8.78 Å². The number of nitrogens with zero attached hydrogens (tertiary/aromatic N) is 1. The Labute approximate surface area is 123 Å². The predicted octanol–water partition coefficient (Wildman–Crippen LogP) is 4.98. The molecule has 0 radical (unpaired) electrons. The van der Waals surface area contributed by atoms with Crippen LogP contribution in [-0.2, 0) is 0 Å². The minimum Gasteiger partial charge on any atom is -0.361 e. The third-order valence-corrected chi connectivity index (χ3v) is 3.23. The van der Waals surface area contributed by atoms with Crippen LogP contribution in [0, 0.1) is 17.6 Å². The molecule has 2 rings (SSSR count). The van der Waals surface area contributed by atoms with Gasteiger partial charge in [0.2, 0.25) is 0 Å². The molecule has 0 spiro atoms. The highest BCUT2D eigenvalue weighted by atomic mass is 35.5. The average molecular weight is 321 g/mol. The van der Waals surface area contributed by atoms with Gasteiger partial charge in [0.1, 0.15) is 0 Å². The minimum absolute atomic E-state index is 0.375. The van der Waals surface area contributed by atoms with Crippen LogP contribution in [0.25, 0.3) is 0 Å². The van der Waals surface area contributed by atoms with Gasteiger partial charge in [-0.2, -0.15) is 9.37 Å². The monoisotopic (exact) mass is 320 g/mol. The summed E-state index contributed by atoms with van der Waals surface area (Å²) in [5.41, 5.74) is 0.627. The van der Waals surface area contributed by atoms with Crippen LogP contribution in [0.3, 0.4) is 0 Å². The molecule has 1 aromatic carbocycles. The van der Waals surface area contributed by atoms with E-state index in [9.17, 15) is 13.2 Å². The van der Waals surface area contributed by atoms with Gasteiger partial charge in [-0.3, -0.25) is 0 Å². The predicted molar refractivity (Wildman–Crippen MR) is 72.6 cm³/mol. The zero-order valence-electron chi connectivity index (χ0n) is 10.2. The van der Waals surface area contributed by atoms with Crippen molar-refractivity contribution in [3.8, 4) is 0 Å². The molecule has 1 aromatic heterocycles. The van der Waals surface area contributed by atoms with E-state index in [-0.39, 0.29) is 5.82 Å². The maximum absolute atomic E-state index is 13.5. The minimum atomic E-state index is -1.37. The van der Waals surface area contributed by atoms with Crippen molar-refractivity contribution in [1.29, 1.82) is 0 Å². The second-order valence-corrected chi connectivity index (χ2v) is 4.97. The number of rotatable bonds is 3. The first-order chi connectivity index (χ1) is 9.38. The second kappa shape index (κ2) is 5.89. The molecule has 0 amide bonds. The lowest BCUT2D eigenvalue weighted by molar-refractivity contribution is 0.465. The number of hydrogen-bond donors (Lipinski definition) is 1. The van der Waals surface area contributed by atoms with Gasteiger partial charge in [0.05, 0.1) is 6.04 Å². The number of hydrogen-bond acceptors (Lipinski definition) is 2. The Bertz CT molecular complexity index is 650. The van der Waals surface area contributed by atoms with E-state index in [1.165, 1.54) is 6.07 Å². The lowest BCUT2D eigenvalue weighted by Crippen LogP contribution is -2.11. The molecule has 0 aliphatic heterocycles. The van der Waals surface area contributed by atoms with Crippen molar-refractivity contribution >= 4 is 29.0 Å². The fourth-order valence-corrected chi connectivity index (χ4v) is 2.25. The van der Waals surface area contributed by atoms with E-state index < -0.39 is 23.6 Å². The zero-order chi connectivity index (χ0) is 14.9. The van der Waals surface area contributed by atoms with E-state index in [1.807, 2.05) is 0 Å². The van der Waals surface area contributed by atoms with E-state index in [4.69, 9.17) is 23.2 Å². The Kier molecular flexibility index (Phi) is 4.40. The molecule has 106 valence electrons. The summed E-state index contributed by atoms with van der Waals surface area (Å²) in [4.78, 5) is 3.19. The van der Waals surface area contributed by atoms with Crippen molar-refractivity contribution in [2.75, 3.05) is 5.32 Å². The van der Waals surface area contributed by atoms with Gasteiger partial charge in [0, 0.05) is 16.1 Å². The number of anilines is 1. The van der Waals surface area contributed by atoms with E-state index in [2.05, 4.69) is 10.3 Å². The summed E-state index contributed by atoms with van der Waals surface area (Å²) in [6.07, 6.45) is 0. The number of pyridine rings is 1. The Balaban J connectivity index is 2.27. The number of benzene rings is 1. The molecular formula is C13H9Cl2F3N2. The molecule has 2 aromatic rings. The fraction of sp³-hybridized carbons (Fsp3) is 0.154. The SMILES string of the molecule is CC(Nc1nc(F)c(F)cc1F)c1ccc(Cl)cc1Cl. The number of aromatic nitrogens is 1. The maximum Gasteiger partial charge on any atom is 0.251 e. The van der Waals surface area contributed by atoms with Crippen molar-refractivity contribution in [2.24, 2.45) is 0 Å². The zero-order valence-corrected chi connectivity index (χ0v) is 11.7. The fourth-order valence-electron chi connectivity index (χ4n) is 1.68. The van der Waals surface area contributed by atoms with Gasteiger partial charge >= 0.3 is 0 Å². The first-order valence-electron chi connectivity index (χ1n) is 5.61. The van der Waals surface area contributed by atoms with E-state index in [0.717, 1.165) is 0 Å². The molecular weight excluding hydrogens is 312 g/mol. The van der Waals surface area contributed by atoms with Crippen molar-refractivity contribution in [3.05, 3.63) is 57.5 Å². The largest absolute Gasteiger partial charge is 0.361 e. The van der Waals surface area contributed by atoms with Crippen LogP contribution < -0.4 is 5.32 Å². The maximum atomic E-state index is 13.5. The van der Waals surface area contributed by atoms with Crippen molar-refractivity contribution < 1.29 is 13.2 Å². The molecule has 2 nitrogen and oxygen atoms in total. The smallest absolute Gasteiger partial charge is 0.251 e.